The third-order valence-electron chi connectivity index (χ3n) is 10.2. The summed E-state index contributed by atoms with van der Waals surface area (Å²) in [5.41, 5.74) is 3.47. The van der Waals surface area contributed by atoms with Gasteiger partial charge in [0.25, 0.3) is 6.33 Å². The number of hydrogen-bond donors (Lipinski definition) is 1. The topological polar surface area (TPSA) is 151 Å². The Bertz CT molecular complexity index is 2190. The Balaban J connectivity index is 0.00000585. The maximum absolute atomic E-state index is 12.8. The van der Waals surface area contributed by atoms with Crippen LogP contribution in [0.4, 0.5) is 16.2 Å². The first-order chi connectivity index (χ1) is 28.1. The van der Waals surface area contributed by atoms with E-state index in [0.29, 0.717) is 27.8 Å². The van der Waals surface area contributed by atoms with Crippen molar-refractivity contribution < 1.29 is 50.6 Å². The second-order valence-corrected chi connectivity index (χ2v) is 15.0. The number of benzene rings is 3. The fourth-order valence-corrected chi connectivity index (χ4v) is 7.38. The Labute approximate surface area is 357 Å². The molecule has 2 aromatic heterocycles. The first-order valence-corrected chi connectivity index (χ1v) is 20.0. The van der Waals surface area contributed by atoms with E-state index < -0.39 is 18.0 Å². The molecule has 2 fully saturated rings. The first-order valence-electron chi connectivity index (χ1n) is 19.2. The largest absolute Gasteiger partial charge is 1.00 e. The molecule has 0 saturated carbocycles. The molecule has 59 heavy (non-hydrogen) atoms. The van der Waals surface area contributed by atoms with Gasteiger partial charge in [0.1, 0.15) is 24.8 Å². The molecule has 19 heteroatoms. The van der Waals surface area contributed by atoms with Crippen molar-refractivity contribution in [2.24, 2.45) is 0 Å². The summed E-state index contributed by atoms with van der Waals surface area (Å²) in [6, 6.07) is 21.3. The van der Waals surface area contributed by atoms with Crippen LogP contribution >= 0.6 is 23.2 Å². The number of piperazine rings is 1. The number of nitrogens with zero attached hydrogens (tertiary/aromatic N) is 8. The van der Waals surface area contributed by atoms with E-state index >= 15 is 0 Å². The van der Waals surface area contributed by atoms with Crippen molar-refractivity contribution in [3.8, 4) is 11.4 Å². The van der Waals surface area contributed by atoms with Crippen molar-refractivity contribution in [3.63, 3.8) is 0 Å². The maximum atomic E-state index is 12.8. The summed E-state index contributed by atoms with van der Waals surface area (Å²) >= 11 is 12.9. The summed E-state index contributed by atoms with van der Waals surface area (Å²) in [7, 11) is 0. The average molecular weight is 874 g/mol. The lowest BCUT2D eigenvalue weighted by molar-refractivity contribution is -0.728. The fraction of sp³-hybridized carbons (Fsp3) is 0.425. The summed E-state index contributed by atoms with van der Waals surface area (Å²) in [6.07, 6.45) is 4.60. The Morgan fingerprint density at radius 1 is 0.983 bits per heavy atom. The number of aliphatic hydroxyl groups is 1. The summed E-state index contributed by atoms with van der Waals surface area (Å²) < 4.78 is 35.4. The number of ether oxygens (including phenoxy) is 5. The number of rotatable bonds is 16. The minimum Gasteiger partial charge on any atom is -1.00 e. The van der Waals surface area contributed by atoms with Crippen LogP contribution in [0.3, 0.4) is 0 Å². The van der Waals surface area contributed by atoms with Gasteiger partial charge >= 0.3 is 11.8 Å². The Hall–Kier alpha value is -4.84. The molecule has 3 aromatic carbocycles. The number of anilines is 2. The van der Waals surface area contributed by atoms with Crippen molar-refractivity contribution in [2.75, 3.05) is 62.4 Å². The van der Waals surface area contributed by atoms with Crippen molar-refractivity contribution in [1.82, 2.24) is 24.1 Å². The van der Waals surface area contributed by atoms with E-state index in [0.717, 1.165) is 49.7 Å². The summed E-state index contributed by atoms with van der Waals surface area (Å²) in [5.74, 6) is -0.612. The predicted molar refractivity (Wildman–Crippen MR) is 215 cm³/mol. The SMILES string of the molecule is CCC(C)n1ncn(-c2ccc(N3CCN(c4ccc(OCC5COC(Cn6c[n+](COC(=O)OCCCO)cn6)(c6ccc(Cl)cc6Cl)O5)cc4)CC3)cc2)c1=O.[Cl-]. The zero-order valence-electron chi connectivity index (χ0n) is 32.7. The van der Waals surface area contributed by atoms with Crippen molar-refractivity contribution in [3.05, 3.63) is 112 Å². The van der Waals surface area contributed by atoms with Crippen LogP contribution in [0.2, 0.25) is 10.0 Å². The molecular formula is C40H47Cl3N8O8. The van der Waals surface area contributed by atoms with Gasteiger partial charge in [0.2, 0.25) is 18.8 Å². The first kappa shape index (κ1) is 43.7. The lowest BCUT2D eigenvalue weighted by atomic mass is 10.1. The number of hydrogen-bond acceptors (Lipinski definition) is 12. The third kappa shape index (κ3) is 10.5. The van der Waals surface area contributed by atoms with E-state index in [1.54, 1.807) is 44.7 Å². The van der Waals surface area contributed by atoms with Crippen LogP contribution in [0, 0.1) is 0 Å². The van der Waals surface area contributed by atoms with Gasteiger partial charge in [0.15, 0.2) is 6.54 Å². The van der Waals surface area contributed by atoms with Gasteiger partial charge in [-0.1, -0.05) is 36.2 Å². The lowest BCUT2D eigenvalue weighted by Gasteiger charge is -2.37. The number of carbonyl (C=O) groups excluding carboxylic acids is 1. The molecule has 0 amide bonds. The molecule has 0 spiro atoms. The third-order valence-corrected chi connectivity index (χ3v) is 10.7. The zero-order chi connectivity index (χ0) is 40.6. The minimum atomic E-state index is -1.31. The molecule has 2 saturated heterocycles. The second kappa shape index (κ2) is 19.9. The fourth-order valence-electron chi connectivity index (χ4n) is 6.83. The van der Waals surface area contributed by atoms with E-state index in [4.69, 9.17) is 52.0 Å². The highest BCUT2D eigenvalue weighted by atomic mass is 35.5. The molecular weight excluding hydrogens is 827 g/mol. The van der Waals surface area contributed by atoms with Gasteiger partial charge in [-0.15, -0.1) is 4.68 Å². The Morgan fingerprint density at radius 2 is 1.66 bits per heavy atom. The molecule has 2 aliphatic heterocycles. The van der Waals surface area contributed by atoms with E-state index in [1.165, 1.54) is 11.0 Å². The average Bonchev–Trinajstić information content (AvgIpc) is 3.98. The van der Waals surface area contributed by atoms with Gasteiger partial charge in [-0.25, -0.2) is 23.4 Å². The molecule has 3 unspecified atom stereocenters. The highest BCUT2D eigenvalue weighted by Crippen LogP contribution is 2.40. The standard InChI is InChI=1S/C40H47Cl2N8O8.ClH/c1-3-29(2)50-38(52)49(26-44-50)33-8-6-31(7-9-33)46-15-17-47(18-16-46)32-10-12-34(13-11-32)55-22-35-23-57-40(58-35,36-14-5-30(41)21-37(36)42)24-48-27-45(25-43-48)28-56-39(53)54-20-4-19-51;/h5-14,21,25-27,29,35,51H,3-4,15-20,22-24,28H2,1-2H3;1H/q+1;/p-1. The highest BCUT2D eigenvalue weighted by molar-refractivity contribution is 6.35. The van der Waals surface area contributed by atoms with Gasteiger partial charge in [-0.2, -0.15) is 5.10 Å². The van der Waals surface area contributed by atoms with Crippen molar-refractivity contribution in [1.29, 1.82) is 0 Å². The summed E-state index contributed by atoms with van der Waals surface area (Å²) in [5, 5.41) is 18.4. The quantitative estimate of drug-likeness (QED) is 0.0878. The van der Waals surface area contributed by atoms with Crippen molar-refractivity contribution >= 4 is 40.7 Å². The Morgan fingerprint density at radius 3 is 2.32 bits per heavy atom. The summed E-state index contributed by atoms with van der Waals surface area (Å²) in [4.78, 5) is 29.4. The molecule has 316 valence electrons. The van der Waals surface area contributed by atoms with Crippen LogP contribution in [-0.4, -0.2) is 94.1 Å². The molecule has 5 aromatic rings. The number of aromatic nitrogens is 6. The number of carbonyl (C=O) groups is 1. The van der Waals surface area contributed by atoms with E-state index in [9.17, 15) is 9.59 Å². The van der Waals surface area contributed by atoms with Crippen LogP contribution in [-0.2, 0) is 38.0 Å². The monoisotopic (exact) mass is 872 g/mol. The Kier molecular flexibility index (Phi) is 14.8. The molecule has 0 bridgehead atoms. The second-order valence-electron chi connectivity index (χ2n) is 14.1. The van der Waals surface area contributed by atoms with Gasteiger partial charge in [-0.3, -0.25) is 0 Å². The maximum Gasteiger partial charge on any atom is 0.511 e. The lowest BCUT2D eigenvalue weighted by Crippen LogP contribution is -3.00. The number of aliphatic hydroxyl groups excluding tert-OH is 1. The molecule has 2 aliphatic rings. The zero-order valence-corrected chi connectivity index (χ0v) is 35.0. The van der Waals surface area contributed by atoms with E-state index in [2.05, 4.69) is 44.3 Å². The molecule has 3 atom stereocenters. The molecule has 0 aliphatic carbocycles. The molecule has 0 radical (unpaired) electrons. The molecule has 4 heterocycles. The van der Waals surface area contributed by atoms with Gasteiger partial charge in [0, 0.05) is 66.3 Å². The normalized spacial score (nSPS) is 18.4. The minimum absolute atomic E-state index is 0. The van der Waals surface area contributed by atoms with Crippen LogP contribution in [0.5, 0.6) is 5.75 Å². The van der Waals surface area contributed by atoms with Crippen LogP contribution < -0.4 is 37.2 Å². The van der Waals surface area contributed by atoms with Gasteiger partial charge in [0.05, 0.1) is 30.0 Å². The van der Waals surface area contributed by atoms with Gasteiger partial charge in [-0.05, 0) is 74.0 Å². The van der Waals surface area contributed by atoms with Crippen LogP contribution in [0.25, 0.3) is 5.69 Å². The van der Waals surface area contributed by atoms with Crippen molar-refractivity contribution in [2.45, 2.75) is 57.9 Å². The van der Waals surface area contributed by atoms with Crippen LogP contribution in [0.1, 0.15) is 38.3 Å². The molecule has 16 nitrogen and oxygen atoms in total. The van der Waals surface area contributed by atoms with Crippen LogP contribution in [0.15, 0.2) is 90.5 Å². The highest BCUT2D eigenvalue weighted by Gasteiger charge is 2.47. The molecule has 1 N–H and O–H groups in total. The number of halogens is 3. The van der Waals surface area contributed by atoms with Gasteiger partial charge < -0.3 is 51.0 Å². The smallest absolute Gasteiger partial charge is 0.511 e. The van der Waals surface area contributed by atoms with E-state index in [-0.39, 0.29) is 63.8 Å². The molecule has 7 rings (SSSR count). The summed E-state index contributed by atoms with van der Waals surface area (Å²) in [6.45, 7) is 7.87. The predicted octanol–water partition coefficient (Wildman–Crippen LogP) is 1.97. The van der Waals surface area contributed by atoms with E-state index in [1.807, 2.05) is 38.1 Å².